The standard InChI is InChI=1S/C21H20N4O2/c1-14-11-20(25-27-14)24-21(26)23-12-17(15-7-3-2-4-8-15)18-13-22-19-10-6-5-9-16(18)19/h2-11,13,17,22H,12H2,1H3,(H2,23,24,25,26). The molecule has 1 atom stereocenters. The number of aromatic nitrogens is 2. The topological polar surface area (TPSA) is 83.0 Å². The van der Waals surface area contributed by atoms with E-state index in [1.807, 2.05) is 42.6 Å². The van der Waals surface area contributed by atoms with Crippen molar-refractivity contribution >= 4 is 22.8 Å². The molecule has 0 saturated carbocycles. The monoisotopic (exact) mass is 360 g/mol. The van der Waals surface area contributed by atoms with Gasteiger partial charge in [-0.3, -0.25) is 5.32 Å². The van der Waals surface area contributed by atoms with E-state index in [0.29, 0.717) is 18.1 Å². The van der Waals surface area contributed by atoms with E-state index in [9.17, 15) is 4.79 Å². The fourth-order valence-corrected chi connectivity index (χ4v) is 3.26. The first kappa shape index (κ1) is 16.9. The second-order valence-electron chi connectivity index (χ2n) is 6.41. The van der Waals surface area contributed by atoms with Gasteiger partial charge in [0.05, 0.1) is 0 Å². The highest BCUT2D eigenvalue weighted by Crippen LogP contribution is 2.30. The molecule has 0 aliphatic rings. The number of aromatic amines is 1. The molecule has 136 valence electrons. The number of carbonyl (C=O) groups excluding carboxylic acids is 1. The highest BCUT2D eigenvalue weighted by atomic mass is 16.5. The number of nitrogens with one attached hydrogen (secondary N) is 3. The van der Waals surface area contributed by atoms with Gasteiger partial charge in [-0.1, -0.05) is 53.7 Å². The zero-order valence-electron chi connectivity index (χ0n) is 14.9. The Morgan fingerprint density at radius 1 is 1.15 bits per heavy atom. The predicted molar refractivity (Wildman–Crippen MR) is 105 cm³/mol. The number of H-pyrrole nitrogens is 1. The lowest BCUT2D eigenvalue weighted by Gasteiger charge is -2.18. The maximum Gasteiger partial charge on any atom is 0.320 e. The molecule has 0 bridgehead atoms. The summed E-state index contributed by atoms with van der Waals surface area (Å²) in [6.45, 7) is 2.23. The van der Waals surface area contributed by atoms with Crippen LogP contribution in [0.5, 0.6) is 0 Å². The molecule has 4 rings (SSSR count). The molecule has 0 radical (unpaired) electrons. The first-order valence-electron chi connectivity index (χ1n) is 8.80. The van der Waals surface area contributed by atoms with Gasteiger partial charge in [-0.15, -0.1) is 0 Å². The SMILES string of the molecule is Cc1cc(NC(=O)NCC(c2ccccc2)c2c[nH]c3ccccc23)no1. The molecule has 6 nitrogen and oxygen atoms in total. The highest BCUT2D eigenvalue weighted by molar-refractivity contribution is 5.88. The van der Waals surface area contributed by atoms with Crippen molar-refractivity contribution in [2.24, 2.45) is 0 Å². The van der Waals surface area contributed by atoms with Gasteiger partial charge >= 0.3 is 6.03 Å². The predicted octanol–water partition coefficient (Wildman–Crippen LogP) is 4.42. The Bertz CT molecular complexity index is 1050. The third-order valence-electron chi connectivity index (χ3n) is 4.53. The van der Waals surface area contributed by atoms with E-state index in [-0.39, 0.29) is 11.9 Å². The van der Waals surface area contributed by atoms with Crippen molar-refractivity contribution in [3.8, 4) is 0 Å². The van der Waals surface area contributed by atoms with E-state index in [4.69, 9.17) is 4.52 Å². The summed E-state index contributed by atoms with van der Waals surface area (Å²) >= 11 is 0. The first-order valence-corrected chi connectivity index (χ1v) is 8.80. The summed E-state index contributed by atoms with van der Waals surface area (Å²) in [5, 5.41) is 10.6. The van der Waals surface area contributed by atoms with E-state index in [0.717, 1.165) is 22.0 Å². The van der Waals surface area contributed by atoms with Crippen LogP contribution in [0.4, 0.5) is 10.6 Å². The van der Waals surface area contributed by atoms with Crippen LogP contribution in [-0.4, -0.2) is 22.7 Å². The first-order chi connectivity index (χ1) is 13.2. The zero-order valence-corrected chi connectivity index (χ0v) is 14.9. The minimum Gasteiger partial charge on any atom is -0.361 e. The molecule has 2 amide bonds. The van der Waals surface area contributed by atoms with Crippen LogP contribution in [0.1, 0.15) is 22.8 Å². The third kappa shape index (κ3) is 3.69. The summed E-state index contributed by atoms with van der Waals surface area (Å²) in [6.07, 6.45) is 2.02. The lowest BCUT2D eigenvalue weighted by Crippen LogP contribution is -2.32. The van der Waals surface area contributed by atoms with Crippen LogP contribution in [0.15, 0.2) is 71.4 Å². The molecule has 3 N–H and O–H groups in total. The molecular weight excluding hydrogens is 340 g/mol. The van der Waals surface area contributed by atoms with Crippen molar-refractivity contribution in [1.29, 1.82) is 0 Å². The lowest BCUT2D eigenvalue weighted by molar-refractivity contribution is 0.251. The number of anilines is 1. The number of rotatable bonds is 5. The molecule has 0 aliphatic carbocycles. The number of hydrogen-bond acceptors (Lipinski definition) is 3. The fourth-order valence-electron chi connectivity index (χ4n) is 3.26. The second-order valence-corrected chi connectivity index (χ2v) is 6.41. The van der Waals surface area contributed by atoms with Crippen molar-refractivity contribution in [2.75, 3.05) is 11.9 Å². The number of carbonyl (C=O) groups is 1. The maximum absolute atomic E-state index is 12.3. The molecule has 1 unspecified atom stereocenters. The van der Waals surface area contributed by atoms with Gasteiger partial charge < -0.3 is 14.8 Å². The van der Waals surface area contributed by atoms with Crippen LogP contribution in [0.3, 0.4) is 0 Å². The van der Waals surface area contributed by atoms with E-state index in [2.05, 4.69) is 39.0 Å². The Morgan fingerprint density at radius 3 is 2.70 bits per heavy atom. The molecule has 0 spiro atoms. The van der Waals surface area contributed by atoms with E-state index in [1.165, 1.54) is 0 Å². The van der Waals surface area contributed by atoms with Crippen molar-refractivity contribution in [3.63, 3.8) is 0 Å². The number of urea groups is 1. The number of nitrogens with zero attached hydrogens (tertiary/aromatic N) is 1. The Labute approximate surface area is 156 Å². The number of aryl methyl sites for hydroxylation is 1. The molecule has 0 aliphatic heterocycles. The average molecular weight is 360 g/mol. The number of para-hydroxylation sites is 1. The van der Waals surface area contributed by atoms with Crippen LogP contribution >= 0.6 is 0 Å². The van der Waals surface area contributed by atoms with Crippen LogP contribution in [0, 0.1) is 6.92 Å². The Hall–Kier alpha value is -3.54. The van der Waals surface area contributed by atoms with Gasteiger partial charge in [0.25, 0.3) is 0 Å². The summed E-state index contributed by atoms with van der Waals surface area (Å²) in [7, 11) is 0. The molecular formula is C21H20N4O2. The van der Waals surface area contributed by atoms with Crippen LogP contribution < -0.4 is 10.6 Å². The molecule has 2 aromatic heterocycles. The fraction of sp³-hybridized carbons (Fsp3) is 0.143. The van der Waals surface area contributed by atoms with Crippen molar-refractivity contribution in [3.05, 3.63) is 83.7 Å². The Kier molecular flexibility index (Phi) is 4.61. The zero-order chi connectivity index (χ0) is 18.6. The molecule has 0 saturated heterocycles. The minimum atomic E-state index is -0.316. The Morgan fingerprint density at radius 2 is 1.93 bits per heavy atom. The van der Waals surface area contributed by atoms with Gasteiger partial charge in [-0.2, -0.15) is 0 Å². The molecule has 2 heterocycles. The largest absolute Gasteiger partial charge is 0.361 e. The molecule has 2 aromatic carbocycles. The minimum absolute atomic E-state index is 0.0205. The number of fused-ring (bicyclic) bond motifs is 1. The molecule has 0 fully saturated rings. The molecule has 27 heavy (non-hydrogen) atoms. The average Bonchev–Trinajstić information content (AvgIpc) is 3.29. The van der Waals surface area contributed by atoms with Gasteiger partial charge in [0, 0.05) is 35.6 Å². The summed E-state index contributed by atoms with van der Waals surface area (Å²) < 4.78 is 4.97. The van der Waals surface area contributed by atoms with Crippen molar-refractivity contribution in [2.45, 2.75) is 12.8 Å². The van der Waals surface area contributed by atoms with Crippen LogP contribution in [0.2, 0.25) is 0 Å². The van der Waals surface area contributed by atoms with Crippen LogP contribution in [-0.2, 0) is 0 Å². The lowest BCUT2D eigenvalue weighted by atomic mass is 9.91. The second kappa shape index (κ2) is 7.37. The summed E-state index contributed by atoms with van der Waals surface area (Å²) in [6, 6.07) is 19.7. The summed E-state index contributed by atoms with van der Waals surface area (Å²) in [4.78, 5) is 15.6. The van der Waals surface area contributed by atoms with Gasteiger partial charge in [-0.25, -0.2) is 4.79 Å². The normalized spacial score (nSPS) is 12.0. The molecule has 6 heteroatoms. The van der Waals surface area contributed by atoms with Crippen molar-refractivity contribution < 1.29 is 9.32 Å². The number of amides is 2. The van der Waals surface area contributed by atoms with Gasteiger partial charge in [0.1, 0.15) is 5.76 Å². The van der Waals surface area contributed by atoms with E-state index >= 15 is 0 Å². The Balaban J connectivity index is 1.56. The number of benzene rings is 2. The third-order valence-corrected chi connectivity index (χ3v) is 4.53. The number of hydrogen-bond donors (Lipinski definition) is 3. The van der Waals surface area contributed by atoms with Gasteiger partial charge in [0.2, 0.25) is 0 Å². The highest BCUT2D eigenvalue weighted by Gasteiger charge is 2.19. The summed E-state index contributed by atoms with van der Waals surface area (Å²) in [5.74, 6) is 1.06. The van der Waals surface area contributed by atoms with E-state index < -0.39 is 0 Å². The van der Waals surface area contributed by atoms with Gasteiger partial charge in [-0.05, 0) is 24.1 Å². The quantitative estimate of drug-likeness (QED) is 0.493. The summed E-state index contributed by atoms with van der Waals surface area (Å²) in [5.41, 5.74) is 3.37. The van der Waals surface area contributed by atoms with Crippen LogP contribution in [0.25, 0.3) is 10.9 Å². The maximum atomic E-state index is 12.3. The van der Waals surface area contributed by atoms with E-state index in [1.54, 1.807) is 13.0 Å². The van der Waals surface area contributed by atoms with Gasteiger partial charge in [0.15, 0.2) is 5.82 Å². The molecule has 4 aromatic rings. The van der Waals surface area contributed by atoms with Crippen molar-refractivity contribution in [1.82, 2.24) is 15.5 Å². The smallest absolute Gasteiger partial charge is 0.320 e.